The Labute approximate surface area is 116 Å². The quantitative estimate of drug-likeness (QED) is 0.824. The first kappa shape index (κ1) is 12.5. The van der Waals surface area contributed by atoms with E-state index in [1.165, 1.54) is 10.0 Å². The van der Waals surface area contributed by atoms with Crippen LogP contribution in [0.15, 0.2) is 34.5 Å². The van der Waals surface area contributed by atoms with E-state index in [0.717, 1.165) is 11.4 Å². The van der Waals surface area contributed by atoms with Gasteiger partial charge in [0.15, 0.2) is 0 Å². The van der Waals surface area contributed by atoms with E-state index in [9.17, 15) is 9.59 Å². The van der Waals surface area contributed by atoms with Gasteiger partial charge in [-0.25, -0.2) is 10.0 Å². The summed E-state index contributed by atoms with van der Waals surface area (Å²) < 4.78 is 0. The molecular weight excluding hydrogens is 256 g/mol. The van der Waals surface area contributed by atoms with Crippen LogP contribution >= 0.6 is 0 Å². The molecular formula is C14H14N4O2. The molecule has 0 unspecified atom stereocenters. The van der Waals surface area contributed by atoms with Gasteiger partial charge >= 0.3 is 0 Å². The van der Waals surface area contributed by atoms with Gasteiger partial charge in [0.2, 0.25) is 0 Å². The highest BCUT2D eigenvalue weighted by atomic mass is 16.2. The normalized spacial score (nSPS) is 18.7. The zero-order valence-corrected chi connectivity index (χ0v) is 11.3. The van der Waals surface area contributed by atoms with E-state index in [1.54, 1.807) is 24.3 Å². The van der Waals surface area contributed by atoms with Crippen LogP contribution in [-0.2, 0) is 9.59 Å². The van der Waals surface area contributed by atoms with Crippen molar-refractivity contribution in [2.24, 2.45) is 10.2 Å². The maximum Gasteiger partial charge on any atom is 0.253 e. The average molecular weight is 270 g/mol. The standard InChI is InChI=1S/C14H14N4O2/c1-9-7-13(19)17(15-9)11-3-5-12(6-4-11)18-14(20)8-10(2)16-18/h3-6H,7-8H2,1-2H3. The second kappa shape index (κ2) is 4.56. The van der Waals surface area contributed by atoms with Crippen molar-refractivity contribution in [3.05, 3.63) is 24.3 Å². The van der Waals surface area contributed by atoms with Crippen molar-refractivity contribution in [1.29, 1.82) is 0 Å². The van der Waals surface area contributed by atoms with Crippen molar-refractivity contribution in [1.82, 2.24) is 0 Å². The Balaban J connectivity index is 1.85. The van der Waals surface area contributed by atoms with Gasteiger partial charge in [-0.1, -0.05) is 0 Å². The number of amides is 2. The maximum atomic E-state index is 11.7. The number of carbonyl (C=O) groups is 2. The molecule has 6 nitrogen and oxygen atoms in total. The number of anilines is 2. The zero-order valence-electron chi connectivity index (χ0n) is 11.3. The van der Waals surface area contributed by atoms with Gasteiger partial charge in [-0.05, 0) is 38.1 Å². The Morgan fingerprint density at radius 1 is 0.800 bits per heavy atom. The number of hydrazone groups is 2. The topological polar surface area (TPSA) is 65.3 Å². The minimum atomic E-state index is -0.0404. The van der Waals surface area contributed by atoms with Crippen LogP contribution in [0.25, 0.3) is 0 Å². The van der Waals surface area contributed by atoms with Crippen LogP contribution < -0.4 is 10.0 Å². The summed E-state index contributed by atoms with van der Waals surface area (Å²) >= 11 is 0. The van der Waals surface area contributed by atoms with Gasteiger partial charge in [0, 0.05) is 11.4 Å². The zero-order chi connectivity index (χ0) is 14.3. The predicted molar refractivity (Wildman–Crippen MR) is 76.9 cm³/mol. The van der Waals surface area contributed by atoms with E-state index in [2.05, 4.69) is 10.2 Å². The summed E-state index contributed by atoms with van der Waals surface area (Å²) in [5, 5.41) is 11.1. The summed E-state index contributed by atoms with van der Waals surface area (Å²) in [4.78, 5) is 23.5. The number of nitrogens with zero attached hydrogens (tertiary/aromatic N) is 4. The van der Waals surface area contributed by atoms with E-state index >= 15 is 0 Å². The highest BCUT2D eigenvalue weighted by molar-refractivity contribution is 6.13. The van der Waals surface area contributed by atoms with Crippen LogP contribution in [0.2, 0.25) is 0 Å². The van der Waals surface area contributed by atoms with Crippen molar-refractivity contribution in [2.75, 3.05) is 10.0 Å². The number of hydrogen-bond acceptors (Lipinski definition) is 4. The minimum absolute atomic E-state index is 0.0404. The van der Waals surface area contributed by atoms with E-state index in [-0.39, 0.29) is 11.8 Å². The SMILES string of the molecule is CC1=NN(c2ccc(N3N=C(C)CC3=O)cc2)C(=O)C1. The fraction of sp³-hybridized carbons (Fsp3) is 0.286. The van der Waals surface area contributed by atoms with Crippen molar-refractivity contribution >= 4 is 34.6 Å². The van der Waals surface area contributed by atoms with Crippen LogP contribution in [0.1, 0.15) is 26.7 Å². The lowest BCUT2D eigenvalue weighted by Gasteiger charge is -2.15. The molecule has 0 bridgehead atoms. The molecule has 102 valence electrons. The molecule has 6 heteroatoms. The number of rotatable bonds is 2. The molecule has 2 heterocycles. The van der Waals surface area contributed by atoms with E-state index in [4.69, 9.17) is 0 Å². The lowest BCUT2D eigenvalue weighted by molar-refractivity contribution is -0.117. The van der Waals surface area contributed by atoms with Gasteiger partial charge in [0.05, 0.1) is 24.2 Å². The highest BCUT2D eigenvalue weighted by Crippen LogP contribution is 2.26. The highest BCUT2D eigenvalue weighted by Gasteiger charge is 2.25. The largest absolute Gasteiger partial charge is 0.272 e. The number of benzene rings is 1. The summed E-state index contributed by atoms with van der Waals surface area (Å²) in [6.07, 6.45) is 0.714. The second-order valence-corrected chi connectivity index (χ2v) is 4.95. The average Bonchev–Trinajstić information content (AvgIpc) is 2.92. The Bertz CT molecular complexity index is 589. The Hall–Kier alpha value is -2.50. The first-order valence-electron chi connectivity index (χ1n) is 6.39. The lowest BCUT2D eigenvalue weighted by atomic mass is 10.2. The molecule has 0 fully saturated rings. The number of carbonyl (C=O) groups excluding carboxylic acids is 2. The maximum absolute atomic E-state index is 11.7. The lowest BCUT2D eigenvalue weighted by Crippen LogP contribution is -2.21. The molecule has 0 saturated carbocycles. The Morgan fingerprint density at radius 3 is 1.40 bits per heavy atom. The fourth-order valence-electron chi connectivity index (χ4n) is 2.25. The minimum Gasteiger partial charge on any atom is -0.272 e. The molecule has 2 aliphatic heterocycles. The molecule has 1 aromatic rings. The molecule has 0 atom stereocenters. The predicted octanol–water partition coefficient (Wildman–Crippen LogP) is 1.91. The van der Waals surface area contributed by atoms with Gasteiger partial charge in [0.25, 0.3) is 11.8 Å². The molecule has 0 N–H and O–H groups in total. The first-order chi connectivity index (χ1) is 9.54. The molecule has 2 amide bonds. The summed E-state index contributed by atoms with van der Waals surface area (Å²) in [5.74, 6) is -0.0808. The van der Waals surface area contributed by atoms with Crippen LogP contribution in [0, 0.1) is 0 Å². The van der Waals surface area contributed by atoms with Gasteiger partial charge in [-0.3, -0.25) is 9.59 Å². The smallest absolute Gasteiger partial charge is 0.253 e. The molecule has 0 aliphatic carbocycles. The molecule has 0 saturated heterocycles. The Morgan fingerprint density at radius 2 is 1.15 bits per heavy atom. The monoisotopic (exact) mass is 270 g/mol. The van der Waals surface area contributed by atoms with Crippen LogP contribution in [0.5, 0.6) is 0 Å². The van der Waals surface area contributed by atoms with Gasteiger partial charge in [-0.15, -0.1) is 0 Å². The van der Waals surface area contributed by atoms with E-state index < -0.39 is 0 Å². The van der Waals surface area contributed by atoms with Gasteiger partial charge in [-0.2, -0.15) is 10.2 Å². The summed E-state index contributed by atoms with van der Waals surface area (Å²) in [7, 11) is 0. The van der Waals surface area contributed by atoms with Crippen molar-refractivity contribution in [2.45, 2.75) is 26.7 Å². The number of hydrogen-bond donors (Lipinski definition) is 0. The third-order valence-electron chi connectivity index (χ3n) is 3.17. The van der Waals surface area contributed by atoms with Crippen LogP contribution in [0.4, 0.5) is 11.4 Å². The third kappa shape index (κ3) is 2.09. The summed E-state index contributed by atoms with van der Waals surface area (Å²) in [6, 6.07) is 7.08. The fourth-order valence-corrected chi connectivity index (χ4v) is 2.25. The van der Waals surface area contributed by atoms with E-state index in [1.807, 2.05) is 13.8 Å². The van der Waals surface area contributed by atoms with Crippen molar-refractivity contribution in [3.63, 3.8) is 0 Å². The molecule has 20 heavy (non-hydrogen) atoms. The van der Waals surface area contributed by atoms with Crippen LogP contribution in [0.3, 0.4) is 0 Å². The molecule has 1 aromatic carbocycles. The first-order valence-corrected chi connectivity index (χ1v) is 6.39. The second-order valence-electron chi connectivity index (χ2n) is 4.95. The van der Waals surface area contributed by atoms with Gasteiger partial charge in [0.1, 0.15) is 0 Å². The van der Waals surface area contributed by atoms with Crippen molar-refractivity contribution < 1.29 is 9.59 Å². The summed E-state index contributed by atoms with van der Waals surface area (Å²) in [5.41, 5.74) is 2.99. The van der Waals surface area contributed by atoms with Gasteiger partial charge < -0.3 is 0 Å². The van der Waals surface area contributed by atoms with Crippen LogP contribution in [-0.4, -0.2) is 23.2 Å². The molecule has 0 radical (unpaired) electrons. The summed E-state index contributed by atoms with van der Waals surface area (Å²) in [6.45, 7) is 3.65. The molecule has 0 spiro atoms. The Kier molecular flexibility index (Phi) is 2.85. The third-order valence-corrected chi connectivity index (χ3v) is 3.17. The molecule has 0 aromatic heterocycles. The van der Waals surface area contributed by atoms with Crippen molar-refractivity contribution in [3.8, 4) is 0 Å². The molecule has 3 rings (SSSR count). The molecule has 2 aliphatic rings. The van der Waals surface area contributed by atoms with E-state index in [0.29, 0.717) is 24.2 Å².